The topological polar surface area (TPSA) is 12.5 Å². The molecular weight excluding hydrogens is 370 g/mol. The molecule has 19 heavy (non-hydrogen) atoms. The number of rotatable bonds is 7. The van der Waals surface area contributed by atoms with Crippen molar-refractivity contribution in [2.75, 3.05) is 25.0 Å². The zero-order valence-corrected chi connectivity index (χ0v) is 14.3. The van der Waals surface area contributed by atoms with E-state index < -0.39 is 0 Å². The summed E-state index contributed by atoms with van der Waals surface area (Å²) in [6, 6.07) is 8.82. The highest BCUT2D eigenvalue weighted by Gasteiger charge is 2.21. The summed E-state index contributed by atoms with van der Waals surface area (Å²) in [6.45, 7) is 2.90. The molecule has 1 fully saturated rings. The number of nitrogens with zero attached hydrogens (tertiary/aromatic N) is 1. The van der Waals surface area contributed by atoms with Crippen LogP contribution < -0.4 is 4.74 Å². The Morgan fingerprint density at radius 1 is 1.21 bits per heavy atom. The number of hydrogen-bond acceptors (Lipinski definition) is 2. The maximum absolute atomic E-state index is 5.84. The van der Waals surface area contributed by atoms with Gasteiger partial charge in [0.15, 0.2) is 0 Å². The molecule has 0 unspecified atom stereocenters. The van der Waals surface area contributed by atoms with Crippen molar-refractivity contribution in [3.05, 3.63) is 28.7 Å². The summed E-state index contributed by atoms with van der Waals surface area (Å²) in [4.78, 5) is 2.57. The monoisotopic (exact) mass is 389 g/mol. The van der Waals surface area contributed by atoms with Gasteiger partial charge in [-0.25, -0.2) is 0 Å². The van der Waals surface area contributed by atoms with Gasteiger partial charge in [-0.2, -0.15) is 0 Å². The van der Waals surface area contributed by atoms with Crippen LogP contribution in [0.25, 0.3) is 0 Å². The zero-order chi connectivity index (χ0) is 13.5. The average molecular weight is 391 g/mol. The van der Waals surface area contributed by atoms with Crippen LogP contribution in [0.5, 0.6) is 5.75 Å². The van der Waals surface area contributed by atoms with Gasteiger partial charge < -0.3 is 4.74 Å². The van der Waals surface area contributed by atoms with Crippen LogP contribution in [0.15, 0.2) is 28.7 Å². The molecule has 1 aliphatic rings. The summed E-state index contributed by atoms with van der Waals surface area (Å²) in [7, 11) is 0. The molecule has 1 aromatic carbocycles. The van der Waals surface area contributed by atoms with Crippen molar-refractivity contribution in [2.45, 2.75) is 31.7 Å². The number of halogens is 2. The van der Waals surface area contributed by atoms with Crippen LogP contribution in [0.1, 0.15) is 25.7 Å². The number of benzene rings is 1. The summed E-state index contributed by atoms with van der Waals surface area (Å²) in [5.41, 5.74) is 0. The van der Waals surface area contributed by atoms with Crippen molar-refractivity contribution in [3.8, 4) is 5.75 Å². The predicted octanol–water partition coefficient (Wildman–Crippen LogP) is 4.47. The first kappa shape index (κ1) is 15.3. The molecule has 2 rings (SSSR count). The lowest BCUT2D eigenvalue weighted by Crippen LogP contribution is -2.37. The SMILES string of the molecule is BrCCN(CCOc1cccc(Br)c1)C1CCCC1. The smallest absolute Gasteiger partial charge is 0.120 e. The third-order valence-corrected chi connectivity index (χ3v) is 4.50. The summed E-state index contributed by atoms with van der Waals surface area (Å²) in [5.74, 6) is 0.944. The Hall–Kier alpha value is -0.0600. The van der Waals surface area contributed by atoms with E-state index in [1.165, 1.54) is 25.7 Å². The number of hydrogen-bond donors (Lipinski definition) is 0. The van der Waals surface area contributed by atoms with Gasteiger partial charge >= 0.3 is 0 Å². The van der Waals surface area contributed by atoms with Crippen molar-refractivity contribution in [2.24, 2.45) is 0 Å². The maximum Gasteiger partial charge on any atom is 0.120 e. The second kappa shape index (κ2) is 8.28. The van der Waals surface area contributed by atoms with Gasteiger partial charge in [0.1, 0.15) is 12.4 Å². The van der Waals surface area contributed by atoms with Crippen molar-refractivity contribution in [1.29, 1.82) is 0 Å². The second-order valence-corrected chi connectivity index (χ2v) is 6.68. The first-order chi connectivity index (χ1) is 9.29. The second-order valence-electron chi connectivity index (χ2n) is 4.97. The van der Waals surface area contributed by atoms with Crippen molar-refractivity contribution < 1.29 is 4.74 Å². The van der Waals surface area contributed by atoms with E-state index in [-0.39, 0.29) is 0 Å². The van der Waals surface area contributed by atoms with E-state index >= 15 is 0 Å². The zero-order valence-electron chi connectivity index (χ0n) is 11.2. The molecular formula is C15H21Br2NO. The van der Waals surface area contributed by atoms with E-state index in [1.54, 1.807) is 0 Å². The minimum absolute atomic E-state index is 0.764. The van der Waals surface area contributed by atoms with E-state index in [4.69, 9.17) is 4.74 Å². The fourth-order valence-corrected chi connectivity index (χ4v) is 3.53. The molecule has 0 aliphatic heterocycles. The van der Waals surface area contributed by atoms with Gasteiger partial charge in [0.2, 0.25) is 0 Å². The Labute approximate surface area is 132 Å². The minimum Gasteiger partial charge on any atom is -0.492 e. The van der Waals surface area contributed by atoms with Gasteiger partial charge in [-0.1, -0.05) is 50.8 Å². The molecule has 1 aromatic rings. The van der Waals surface area contributed by atoms with E-state index in [9.17, 15) is 0 Å². The van der Waals surface area contributed by atoms with Gasteiger partial charge in [-0.3, -0.25) is 4.90 Å². The van der Waals surface area contributed by atoms with Crippen LogP contribution in [0, 0.1) is 0 Å². The molecule has 0 atom stereocenters. The van der Waals surface area contributed by atoms with E-state index in [2.05, 4.69) is 36.8 Å². The van der Waals surface area contributed by atoms with Gasteiger partial charge in [-0.05, 0) is 31.0 Å². The third kappa shape index (κ3) is 5.09. The average Bonchev–Trinajstić information content (AvgIpc) is 2.91. The molecule has 1 saturated carbocycles. The lowest BCUT2D eigenvalue weighted by atomic mass is 10.2. The molecule has 0 radical (unpaired) electrons. The number of alkyl halides is 1. The van der Waals surface area contributed by atoms with Gasteiger partial charge in [0.25, 0.3) is 0 Å². The molecule has 0 heterocycles. The molecule has 0 aromatic heterocycles. The minimum atomic E-state index is 0.764. The molecule has 4 heteroatoms. The highest BCUT2D eigenvalue weighted by atomic mass is 79.9. The molecule has 0 amide bonds. The fraction of sp³-hybridized carbons (Fsp3) is 0.600. The summed E-state index contributed by atoms with van der Waals surface area (Å²) < 4.78 is 6.90. The van der Waals surface area contributed by atoms with Gasteiger partial charge in [0.05, 0.1) is 0 Å². The van der Waals surface area contributed by atoms with Crippen LogP contribution in [0.2, 0.25) is 0 Å². The maximum atomic E-state index is 5.84. The molecule has 2 nitrogen and oxygen atoms in total. The summed E-state index contributed by atoms with van der Waals surface area (Å²) in [6.07, 6.45) is 5.47. The molecule has 0 spiro atoms. The lowest BCUT2D eigenvalue weighted by Gasteiger charge is -2.27. The number of ether oxygens (including phenoxy) is 1. The first-order valence-corrected chi connectivity index (χ1v) is 8.89. The molecule has 106 valence electrons. The lowest BCUT2D eigenvalue weighted by molar-refractivity contribution is 0.169. The normalized spacial score (nSPS) is 16.2. The summed E-state index contributed by atoms with van der Waals surface area (Å²) >= 11 is 7.02. The highest BCUT2D eigenvalue weighted by molar-refractivity contribution is 9.10. The Kier molecular flexibility index (Phi) is 6.68. The van der Waals surface area contributed by atoms with Crippen LogP contribution in [-0.2, 0) is 0 Å². The summed E-state index contributed by atoms with van der Waals surface area (Å²) in [5, 5.41) is 1.04. The van der Waals surface area contributed by atoms with E-state index in [0.717, 1.165) is 41.3 Å². The molecule has 0 bridgehead atoms. The molecule has 0 N–H and O–H groups in total. The van der Waals surface area contributed by atoms with Crippen LogP contribution in [0.4, 0.5) is 0 Å². The van der Waals surface area contributed by atoms with Crippen LogP contribution >= 0.6 is 31.9 Å². The first-order valence-electron chi connectivity index (χ1n) is 6.98. The quantitative estimate of drug-likeness (QED) is 0.637. The van der Waals surface area contributed by atoms with Crippen LogP contribution in [-0.4, -0.2) is 36.0 Å². The van der Waals surface area contributed by atoms with Crippen molar-refractivity contribution in [3.63, 3.8) is 0 Å². The highest BCUT2D eigenvalue weighted by Crippen LogP contribution is 2.23. The Morgan fingerprint density at radius 2 is 2.00 bits per heavy atom. The standard InChI is InChI=1S/C15H21Br2NO/c16-8-9-18(14-5-1-2-6-14)10-11-19-15-7-3-4-13(17)12-15/h3-4,7,12,14H,1-2,5-6,8-11H2. The predicted molar refractivity (Wildman–Crippen MR) is 87.3 cm³/mol. The Bertz CT molecular complexity index is 380. The molecule has 1 aliphatic carbocycles. The van der Waals surface area contributed by atoms with E-state index in [0.29, 0.717) is 0 Å². The van der Waals surface area contributed by atoms with E-state index in [1.807, 2.05) is 24.3 Å². The third-order valence-electron chi connectivity index (χ3n) is 3.66. The van der Waals surface area contributed by atoms with Crippen molar-refractivity contribution >= 4 is 31.9 Å². The van der Waals surface area contributed by atoms with Crippen LogP contribution in [0.3, 0.4) is 0 Å². The fourth-order valence-electron chi connectivity index (χ4n) is 2.69. The molecule has 0 saturated heterocycles. The Morgan fingerprint density at radius 3 is 2.68 bits per heavy atom. The van der Waals surface area contributed by atoms with Crippen molar-refractivity contribution in [1.82, 2.24) is 4.90 Å². The Balaban J connectivity index is 1.78. The van der Waals surface area contributed by atoms with Gasteiger partial charge in [-0.15, -0.1) is 0 Å². The van der Waals surface area contributed by atoms with Gasteiger partial charge in [0, 0.05) is 28.9 Å². The largest absolute Gasteiger partial charge is 0.492 e.